The van der Waals surface area contributed by atoms with Crippen LogP contribution in [0.2, 0.25) is 0 Å². The summed E-state index contributed by atoms with van der Waals surface area (Å²) < 4.78 is 5.68. The molecule has 1 saturated heterocycles. The van der Waals surface area contributed by atoms with Gasteiger partial charge in [-0.3, -0.25) is 4.79 Å². The summed E-state index contributed by atoms with van der Waals surface area (Å²) in [5.74, 6) is -1.05. The fourth-order valence-corrected chi connectivity index (χ4v) is 6.71. The van der Waals surface area contributed by atoms with Crippen molar-refractivity contribution in [2.75, 3.05) is 7.11 Å². The molecule has 3 heterocycles. The van der Waals surface area contributed by atoms with E-state index >= 15 is 0 Å². The average Bonchev–Trinajstić information content (AvgIpc) is 3.57. The lowest BCUT2D eigenvalue weighted by Gasteiger charge is -2.39. The second-order valence-electron chi connectivity index (χ2n) is 11.6. The zero-order valence-electron chi connectivity index (χ0n) is 22.6. The standard InChI is InChI=1S/C28H37N3O5S/c1-17(2)14-28(25(33)34)15-20(27(6)29-16-36-30-27)23(22-9-8-12-37-22)31(28)24(32)18-10-11-19(26(3,4)5)21(13-18)35-7/h8-13,16-17,20,23,30H,14-15H2,1-7H3,(H,33,34)/t20?,23-,27?,28+/m1/s1. The number of carbonyl (C=O) groups excluding carboxylic acids is 1. The Morgan fingerprint density at radius 1 is 1.32 bits per heavy atom. The molecule has 2 aliphatic heterocycles. The summed E-state index contributed by atoms with van der Waals surface area (Å²) in [7, 11) is 1.59. The Morgan fingerprint density at radius 3 is 2.57 bits per heavy atom. The predicted molar refractivity (Wildman–Crippen MR) is 144 cm³/mol. The average molecular weight is 528 g/mol. The maximum absolute atomic E-state index is 14.5. The van der Waals surface area contributed by atoms with E-state index in [-0.39, 0.29) is 29.6 Å². The van der Waals surface area contributed by atoms with Crippen LogP contribution in [0.3, 0.4) is 0 Å². The van der Waals surface area contributed by atoms with Crippen molar-refractivity contribution in [3.05, 3.63) is 51.7 Å². The van der Waals surface area contributed by atoms with Gasteiger partial charge in [0.15, 0.2) is 6.40 Å². The number of nitrogens with zero attached hydrogens (tertiary/aromatic N) is 2. The number of hydroxylamine groups is 1. The topological polar surface area (TPSA) is 100 Å². The van der Waals surface area contributed by atoms with Crippen molar-refractivity contribution in [1.29, 1.82) is 0 Å². The number of carboxylic acid groups (broad SMARTS) is 1. The first-order valence-electron chi connectivity index (χ1n) is 12.6. The number of amides is 1. The van der Waals surface area contributed by atoms with Crippen LogP contribution < -0.4 is 10.2 Å². The molecule has 0 radical (unpaired) electrons. The lowest BCUT2D eigenvalue weighted by atomic mass is 9.79. The fraction of sp³-hybridized carbons (Fsp3) is 0.536. The van der Waals surface area contributed by atoms with Crippen molar-refractivity contribution < 1.29 is 24.3 Å². The minimum atomic E-state index is -1.43. The Balaban J connectivity index is 1.92. The van der Waals surface area contributed by atoms with Gasteiger partial charge in [-0.2, -0.15) is 0 Å². The molecular formula is C28H37N3O5S. The largest absolute Gasteiger partial charge is 0.496 e. The first-order valence-corrected chi connectivity index (χ1v) is 13.5. The van der Waals surface area contributed by atoms with Gasteiger partial charge in [0.25, 0.3) is 5.91 Å². The van der Waals surface area contributed by atoms with Crippen molar-refractivity contribution in [3.63, 3.8) is 0 Å². The number of methoxy groups -OCH3 is 1. The third-order valence-electron chi connectivity index (χ3n) is 7.49. The number of carbonyl (C=O) groups is 2. The van der Waals surface area contributed by atoms with Crippen LogP contribution >= 0.6 is 11.3 Å². The molecule has 0 aliphatic carbocycles. The van der Waals surface area contributed by atoms with Crippen molar-refractivity contribution in [3.8, 4) is 5.75 Å². The number of ether oxygens (including phenoxy) is 1. The van der Waals surface area contributed by atoms with Gasteiger partial charge in [0.05, 0.1) is 13.2 Å². The van der Waals surface area contributed by atoms with Crippen LogP contribution in [-0.4, -0.2) is 46.6 Å². The summed E-state index contributed by atoms with van der Waals surface area (Å²) in [4.78, 5) is 40.0. The van der Waals surface area contributed by atoms with E-state index in [1.54, 1.807) is 24.1 Å². The number of hydrogen-bond acceptors (Lipinski definition) is 7. The third kappa shape index (κ3) is 4.75. The maximum atomic E-state index is 14.5. The van der Waals surface area contributed by atoms with Crippen molar-refractivity contribution in [2.45, 2.75) is 77.0 Å². The molecule has 1 aromatic heterocycles. The molecule has 2 aliphatic rings. The molecule has 2 unspecified atom stereocenters. The monoisotopic (exact) mass is 527 g/mol. The molecule has 0 bridgehead atoms. The SMILES string of the molecule is COc1cc(C(=O)N2[C@@H](c3cccs3)C(C3(C)N=CON3)C[C@@]2(CC(C)C)C(=O)O)ccc1C(C)(C)C. The number of carboxylic acids is 1. The van der Waals surface area contributed by atoms with Crippen LogP contribution in [0, 0.1) is 11.8 Å². The molecule has 0 spiro atoms. The second kappa shape index (κ2) is 9.76. The summed E-state index contributed by atoms with van der Waals surface area (Å²) >= 11 is 1.51. The molecule has 200 valence electrons. The van der Waals surface area contributed by atoms with E-state index in [1.807, 2.05) is 44.4 Å². The first kappa shape index (κ1) is 27.1. The minimum absolute atomic E-state index is 0.0380. The Hall–Kier alpha value is -2.91. The molecule has 2 N–H and O–H groups in total. The molecule has 4 atom stereocenters. The molecule has 1 aromatic carbocycles. The number of thiophene rings is 1. The lowest BCUT2D eigenvalue weighted by molar-refractivity contribution is -0.150. The number of aliphatic imine (C=N–C) groups is 1. The Morgan fingerprint density at radius 2 is 2.05 bits per heavy atom. The summed E-state index contributed by atoms with van der Waals surface area (Å²) in [6.45, 7) is 12.1. The molecule has 0 saturated carbocycles. The highest BCUT2D eigenvalue weighted by Crippen LogP contribution is 2.55. The summed E-state index contributed by atoms with van der Waals surface area (Å²) in [6.07, 6.45) is 1.89. The van der Waals surface area contributed by atoms with Crippen molar-refractivity contribution >= 4 is 29.6 Å². The van der Waals surface area contributed by atoms with E-state index in [1.165, 1.54) is 17.7 Å². The highest BCUT2D eigenvalue weighted by molar-refractivity contribution is 7.10. The van der Waals surface area contributed by atoms with Gasteiger partial charge in [-0.1, -0.05) is 46.8 Å². The molecule has 9 heteroatoms. The smallest absolute Gasteiger partial charge is 0.329 e. The number of aliphatic carboxylic acids is 1. The van der Waals surface area contributed by atoms with Crippen molar-refractivity contribution in [2.24, 2.45) is 16.8 Å². The summed E-state index contributed by atoms with van der Waals surface area (Å²) in [6, 6.07) is 8.79. The molecule has 8 nitrogen and oxygen atoms in total. The number of rotatable bonds is 7. The van der Waals surface area contributed by atoms with E-state index in [9.17, 15) is 14.7 Å². The highest BCUT2D eigenvalue weighted by Gasteiger charge is 2.63. The Bertz CT molecular complexity index is 1190. The van der Waals surface area contributed by atoms with Crippen LogP contribution in [0.4, 0.5) is 0 Å². The van der Waals surface area contributed by atoms with Gasteiger partial charge in [0.1, 0.15) is 17.0 Å². The van der Waals surface area contributed by atoms with Crippen LogP contribution in [0.5, 0.6) is 5.75 Å². The van der Waals surface area contributed by atoms with Crippen molar-refractivity contribution in [1.82, 2.24) is 10.4 Å². The zero-order chi connectivity index (χ0) is 27.2. The number of nitrogens with one attached hydrogen (secondary N) is 1. The first-order chi connectivity index (χ1) is 17.3. The second-order valence-corrected chi connectivity index (χ2v) is 12.6. The predicted octanol–water partition coefficient (Wildman–Crippen LogP) is 5.41. The molecular weight excluding hydrogens is 490 g/mol. The molecule has 1 amide bonds. The maximum Gasteiger partial charge on any atom is 0.329 e. The Labute approximate surface area is 222 Å². The normalized spacial score (nSPS) is 27.5. The quantitative estimate of drug-likeness (QED) is 0.500. The van der Waals surface area contributed by atoms with E-state index in [0.29, 0.717) is 17.7 Å². The zero-order valence-corrected chi connectivity index (χ0v) is 23.4. The third-order valence-corrected chi connectivity index (χ3v) is 8.44. The fourth-order valence-electron chi connectivity index (χ4n) is 5.83. The summed E-state index contributed by atoms with van der Waals surface area (Å²) in [5.41, 5.74) is 1.83. The Kier molecular flexibility index (Phi) is 7.16. The van der Waals surface area contributed by atoms with E-state index < -0.39 is 23.2 Å². The van der Waals surface area contributed by atoms with Gasteiger partial charge in [-0.05, 0) is 60.2 Å². The van der Waals surface area contributed by atoms with Gasteiger partial charge in [0, 0.05) is 16.4 Å². The molecule has 2 aromatic rings. The minimum Gasteiger partial charge on any atom is -0.496 e. The van der Waals surface area contributed by atoms with Gasteiger partial charge in [-0.25, -0.2) is 9.79 Å². The van der Waals surface area contributed by atoms with Crippen LogP contribution in [0.25, 0.3) is 0 Å². The van der Waals surface area contributed by atoms with E-state index in [2.05, 4.69) is 31.2 Å². The van der Waals surface area contributed by atoms with Crippen LogP contribution in [0.1, 0.15) is 81.2 Å². The van der Waals surface area contributed by atoms with Gasteiger partial charge in [-0.15, -0.1) is 16.8 Å². The van der Waals surface area contributed by atoms with Gasteiger partial charge < -0.3 is 19.6 Å². The van der Waals surface area contributed by atoms with Crippen LogP contribution in [-0.2, 0) is 15.0 Å². The number of likely N-dealkylation sites (tertiary alicyclic amines) is 1. The van der Waals surface area contributed by atoms with Gasteiger partial charge in [0.2, 0.25) is 0 Å². The molecule has 4 rings (SSSR count). The lowest BCUT2D eigenvalue weighted by Crippen LogP contribution is -2.54. The summed E-state index contributed by atoms with van der Waals surface area (Å²) in [5, 5.41) is 12.7. The highest BCUT2D eigenvalue weighted by atomic mass is 32.1. The van der Waals surface area contributed by atoms with E-state index in [4.69, 9.17) is 9.57 Å². The number of hydrogen-bond donors (Lipinski definition) is 2. The number of benzene rings is 1. The van der Waals surface area contributed by atoms with Crippen LogP contribution in [0.15, 0.2) is 40.7 Å². The van der Waals surface area contributed by atoms with E-state index in [0.717, 1.165) is 10.4 Å². The molecule has 1 fully saturated rings. The molecule has 37 heavy (non-hydrogen) atoms. The van der Waals surface area contributed by atoms with Gasteiger partial charge >= 0.3 is 5.97 Å².